The van der Waals surface area contributed by atoms with Crippen molar-refractivity contribution in [1.29, 1.82) is 0 Å². The molecular weight excluding hydrogens is 405 g/mol. The van der Waals surface area contributed by atoms with Crippen molar-refractivity contribution < 1.29 is 14.3 Å². The fourth-order valence-electron chi connectivity index (χ4n) is 4.57. The number of hydrogen-bond donors (Lipinski definition) is 0. The third kappa shape index (κ3) is 4.43. The van der Waals surface area contributed by atoms with Crippen LogP contribution in [-0.2, 0) is 9.53 Å². The summed E-state index contributed by atoms with van der Waals surface area (Å²) in [6.45, 7) is 10.4. The summed E-state index contributed by atoms with van der Waals surface area (Å²) in [5.74, 6) is 1.09. The molecule has 0 spiro atoms. The summed E-state index contributed by atoms with van der Waals surface area (Å²) in [7, 11) is 3.94. The number of nitrogens with zero attached hydrogens (tertiary/aromatic N) is 5. The van der Waals surface area contributed by atoms with Crippen LogP contribution in [0.3, 0.4) is 0 Å². The number of pyridine rings is 1. The molecule has 32 heavy (non-hydrogen) atoms. The van der Waals surface area contributed by atoms with Gasteiger partial charge in [0.1, 0.15) is 24.9 Å². The lowest BCUT2D eigenvalue weighted by Gasteiger charge is -2.42. The first-order chi connectivity index (χ1) is 15.0. The molecule has 0 radical (unpaired) electrons. The van der Waals surface area contributed by atoms with Crippen molar-refractivity contribution in [2.45, 2.75) is 58.2 Å². The molecule has 1 saturated heterocycles. The van der Waals surface area contributed by atoms with E-state index in [0.717, 1.165) is 50.5 Å². The maximum atomic E-state index is 12.4. The lowest BCUT2D eigenvalue weighted by Crippen LogP contribution is -2.48. The van der Waals surface area contributed by atoms with E-state index in [1.807, 2.05) is 32.7 Å². The van der Waals surface area contributed by atoms with Crippen molar-refractivity contribution in [1.82, 2.24) is 19.4 Å². The molecule has 2 amide bonds. The molecule has 8 nitrogen and oxygen atoms in total. The Morgan fingerprint density at radius 2 is 1.81 bits per heavy atom. The minimum atomic E-state index is -0.488. The standard InChI is InChI=1S/C23H34BN5O3/c1-15(30)27-8-10-28(11-9-27)20-7-6-18-19(24)14-29(21(18)25-20)17-12-16(13-17)26(5)22(31)32-23(2,3)4/h6-7,14,16-17H,8-13,24H2,1-5H3. The predicted molar refractivity (Wildman–Crippen MR) is 128 cm³/mol. The van der Waals surface area contributed by atoms with Crippen LogP contribution in [0, 0.1) is 0 Å². The lowest BCUT2D eigenvalue weighted by atomic mass is 9.85. The molecule has 9 heteroatoms. The molecule has 0 aromatic carbocycles. The zero-order chi connectivity index (χ0) is 23.2. The average Bonchev–Trinajstić information content (AvgIpc) is 3.01. The van der Waals surface area contributed by atoms with Crippen molar-refractivity contribution in [3.05, 3.63) is 18.3 Å². The van der Waals surface area contributed by atoms with Gasteiger partial charge in [0.15, 0.2) is 0 Å². The normalized spacial score (nSPS) is 21.4. The number of carbonyl (C=O) groups excluding carboxylic acids is 2. The zero-order valence-electron chi connectivity index (χ0n) is 20.1. The Bertz CT molecular complexity index is 1020. The minimum absolute atomic E-state index is 0.133. The van der Waals surface area contributed by atoms with E-state index in [2.05, 4.69) is 35.6 Å². The number of hydrogen-bond acceptors (Lipinski definition) is 5. The maximum Gasteiger partial charge on any atom is 0.410 e. The number of anilines is 1. The molecule has 0 N–H and O–H groups in total. The molecule has 2 aliphatic rings. The third-order valence-electron chi connectivity index (χ3n) is 6.62. The third-order valence-corrected chi connectivity index (χ3v) is 6.62. The maximum absolute atomic E-state index is 12.4. The molecule has 2 fully saturated rings. The molecule has 2 aromatic heterocycles. The molecule has 2 aromatic rings. The first-order valence-corrected chi connectivity index (χ1v) is 11.5. The van der Waals surface area contributed by atoms with Gasteiger partial charge in [-0.3, -0.25) is 4.79 Å². The number of rotatable bonds is 3. The van der Waals surface area contributed by atoms with E-state index in [9.17, 15) is 9.59 Å². The van der Waals surface area contributed by atoms with E-state index in [1.165, 1.54) is 10.8 Å². The summed E-state index contributed by atoms with van der Waals surface area (Å²) in [5.41, 5.74) is 1.72. The molecule has 0 atom stereocenters. The number of fused-ring (bicyclic) bond motifs is 1. The Kier molecular flexibility index (Phi) is 5.86. The minimum Gasteiger partial charge on any atom is -0.444 e. The van der Waals surface area contributed by atoms with E-state index in [4.69, 9.17) is 9.72 Å². The van der Waals surface area contributed by atoms with Crippen LogP contribution in [0.15, 0.2) is 18.3 Å². The van der Waals surface area contributed by atoms with Gasteiger partial charge in [-0.1, -0.05) is 5.46 Å². The molecular formula is C23H34BN5O3. The summed E-state index contributed by atoms with van der Waals surface area (Å²) in [4.78, 5) is 34.9. The smallest absolute Gasteiger partial charge is 0.410 e. The molecule has 1 aliphatic carbocycles. The van der Waals surface area contributed by atoms with E-state index in [0.29, 0.717) is 6.04 Å². The van der Waals surface area contributed by atoms with Crippen LogP contribution < -0.4 is 10.4 Å². The van der Waals surface area contributed by atoms with Crippen molar-refractivity contribution in [2.75, 3.05) is 38.1 Å². The number of aromatic nitrogens is 2. The van der Waals surface area contributed by atoms with Gasteiger partial charge in [0.2, 0.25) is 5.91 Å². The second kappa shape index (κ2) is 8.33. The topological polar surface area (TPSA) is 70.9 Å². The summed E-state index contributed by atoms with van der Waals surface area (Å²) >= 11 is 0. The van der Waals surface area contributed by atoms with Gasteiger partial charge in [0.25, 0.3) is 0 Å². The number of carbonyl (C=O) groups is 2. The van der Waals surface area contributed by atoms with Gasteiger partial charge in [-0.2, -0.15) is 0 Å². The van der Waals surface area contributed by atoms with E-state index >= 15 is 0 Å². The number of ether oxygens (including phenoxy) is 1. The first kappa shape index (κ1) is 22.5. The fraction of sp³-hybridized carbons (Fsp3) is 0.609. The summed E-state index contributed by atoms with van der Waals surface area (Å²) in [5, 5.41) is 1.17. The van der Waals surface area contributed by atoms with Gasteiger partial charge in [0.05, 0.1) is 0 Å². The van der Waals surface area contributed by atoms with Gasteiger partial charge < -0.3 is 24.0 Å². The van der Waals surface area contributed by atoms with Gasteiger partial charge >= 0.3 is 6.09 Å². The largest absolute Gasteiger partial charge is 0.444 e. The van der Waals surface area contributed by atoms with Crippen LogP contribution >= 0.6 is 0 Å². The predicted octanol–water partition coefficient (Wildman–Crippen LogP) is 1.53. The van der Waals surface area contributed by atoms with Gasteiger partial charge in [-0.15, -0.1) is 0 Å². The Balaban J connectivity index is 1.47. The van der Waals surface area contributed by atoms with Crippen LogP contribution in [0.4, 0.5) is 10.6 Å². The summed E-state index contributed by atoms with van der Waals surface area (Å²) in [6.07, 6.45) is 3.70. The highest BCUT2D eigenvalue weighted by atomic mass is 16.6. The van der Waals surface area contributed by atoms with Gasteiger partial charge in [0, 0.05) is 63.8 Å². The number of amides is 2. The molecule has 4 rings (SSSR count). The van der Waals surface area contributed by atoms with E-state index < -0.39 is 5.60 Å². The number of piperazine rings is 1. The van der Waals surface area contributed by atoms with Crippen LogP contribution in [0.2, 0.25) is 0 Å². The molecule has 172 valence electrons. The fourth-order valence-corrected chi connectivity index (χ4v) is 4.57. The van der Waals surface area contributed by atoms with Crippen LogP contribution in [0.5, 0.6) is 0 Å². The second-order valence-corrected chi connectivity index (χ2v) is 10.1. The van der Waals surface area contributed by atoms with Crippen LogP contribution in [0.25, 0.3) is 11.0 Å². The molecule has 1 saturated carbocycles. The highest BCUT2D eigenvalue weighted by molar-refractivity contribution is 6.38. The quantitative estimate of drug-likeness (QED) is 0.679. The SMILES string of the molecule is Bc1cn(C2CC(N(C)C(=O)OC(C)(C)C)C2)c2nc(N3CCN(C(C)=O)CC3)ccc12. The Morgan fingerprint density at radius 3 is 2.41 bits per heavy atom. The van der Waals surface area contributed by atoms with Crippen LogP contribution in [-0.4, -0.2) is 84.1 Å². The highest BCUT2D eigenvalue weighted by Crippen LogP contribution is 2.37. The highest BCUT2D eigenvalue weighted by Gasteiger charge is 2.37. The Morgan fingerprint density at radius 1 is 1.16 bits per heavy atom. The van der Waals surface area contributed by atoms with Crippen LogP contribution in [0.1, 0.15) is 46.6 Å². The first-order valence-electron chi connectivity index (χ1n) is 11.5. The van der Waals surface area contributed by atoms with Crippen molar-refractivity contribution >= 4 is 42.2 Å². The average molecular weight is 439 g/mol. The monoisotopic (exact) mass is 439 g/mol. The van der Waals surface area contributed by atoms with E-state index in [-0.39, 0.29) is 18.0 Å². The molecule has 3 heterocycles. The molecule has 0 unspecified atom stereocenters. The summed E-state index contributed by atoms with van der Waals surface area (Å²) in [6, 6.07) is 4.74. The lowest BCUT2D eigenvalue weighted by molar-refractivity contribution is -0.129. The Hall–Kier alpha value is -2.71. The molecule has 0 bridgehead atoms. The zero-order valence-corrected chi connectivity index (χ0v) is 20.1. The summed E-state index contributed by atoms with van der Waals surface area (Å²) < 4.78 is 7.79. The van der Waals surface area contributed by atoms with Crippen molar-refractivity contribution in [3.8, 4) is 0 Å². The molecule has 1 aliphatic heterocycles. The van der Waals surface area contributed by atoms with Gasteiger partial charge in [-0.05, 0) is 45.7 Å². The second-order valence-electron chi connectivity index (χ2n) is 10.1. The van der Waals surface area contributed by atoms with Gasteiger partial charge in [-0.25, -0.2) is 9.78 Å². The van der Waals surface area contributed by atoms with Crippen molar-refractivity contribution in [2.24, 2.45) is 0 Å². The van der Waals surface area contributed by atoms with Crippen molar-refractivity contribution in [3.63, 3.8) is 0 Å². The van der Waals surface area contributed by atoms with E-state index in [1.54, 1.807) is 11.8 Å². The Labute approximate surface area is 190 Å².